The third kappa shape index (κ3) is 7.97. The summed E-state index contributed by atoms with van der Waals surface area (Å²) in [5.41, 5.74) is 0.822. The zero-order valence-electron chi connectivity index (χ0n) is 25.0. The Labute approximate surface area is 269 Å². The lowest BCUT2D eigenvalue weighted by Gasteiger charge is -2.33. The minimum Gasteiger partial charge on any atom is -0.493 e. The SMILES string of the molecule is COc1ccc(N(CC(=O)N(Cc2ccc(Cl)c(Cl)c2)C(C)C(=O)NC2CCCCC2)S(=O)(=O)c2ccccc2)cc1OC. The number of halogens is 2. The molecular formula is C32H37Cl2N3O6S. The highest BCUT2D eigenvalue weighted by Gasteiger charge is 2.33. The molecule has 0 radical (unpaired) electrons. The molecule has 12 heteroatoms. The molecule has 9 nitrogen and oxygen atoms in total. The van der Waals surface area contributed by atoms with Crippen molar-refractivity contribution in [2.75, 3.05) is 25.1 Å². The van der Waals surface area contributed by atoms with E-state index in [0.717, 1.165) is 36.4 Å². The lowest BCUT2D eigenvalue weighted by atomic mass is 9.95. The molecule has 236 valence electrons. The number of hydrogen-bond acceptors (Lipinski definition) is 6. The monoisotopic (exact) mass is 661 g/mol. The lowest BCUT2D eigenvalue weighted by molar-refractivity contribution is -0.139. The maximum atomic E-state index is 14.2. The van der Waals surface area contributed by atoms with Crippen LogP contribution in [-0.2, 0) is 26.2 Å². The first-order chi connectivity index (χ1) is 21.0. The van der Waals surface area contributed by atoms with Crippen LogP contribution in [0.15, 0.2) is 71.6 Å². The number of sulfonamides is 1. The zero-order chi connectivity index (χ0) is 31.9. The highest BCUT2D eigenvalue weighted by molar-refractivity contribution is 7.92. The summed E-state index contributed by atoms with van der Waals surface area (Å²) in [6, 6.07) is 16.5. The van der Waals surface area contributed by atoms with Crippen molar-refractivity contribution in [2.24, 2.45) is 0 Å². The quantitative estimate of drug-likeness (QED) is 0.253. The van der Waals surface area contributed by atoms with Crippen LogP contribution in [0.3, 0.4) is 0 Å². The fourth-order valence-electron chi connectivity index (χ4n) is 5.21. The third-order valence-corrected chi connectivity index (χ3v) is 10.2. The van der Waals surface area contributed by atoms with Crippen LogP contribution in [0.25, 0.3) is 0 Å². The van der Waals surface area contributed by atoms with Gasteiger partial charge in [0.05, 0.1) is 34.8 Å². The van der Waals surface area contributed by atoms with Crippen LogP contribution in [0, 0.1) is 0 Å². The fraction of sp³-hybridized carbons (Fsp3) is 0.375. The molecule has 3 aromatic rings. The van der Waals surface area contributed by atoms with Gasteiger partial charge in [-0.1, -0.05) is 66.7 Å². The molecule has 1 N–H and O–H groups in total. The van der Waals surface area contributed by atoms with Gasteiger partial charge in [-0.15, -0.1) is 0 Å². The lowest BCUT2D eigenvalue weighted by Crippen LogP contribution is -2.53. The van der Waals surface area contributed by atoms with E-state index in [9.17, 15) is 18.0 Å². The molecule has 1 unspecified atom stereocenters. The predicted octanol–water partition coefficient (Wildman–Crippen LogP) is 6.07. The van der Waals surface area contributed by atoms with Gasteiger partial charge in [0.1, 0.15) is 12.6 Å². The first-order valence-corrected chi connectivity index (χ1v) is 16.6. The Bertz CT molecular complexity index is 1570. The molecule has 0 spiro atoms. The fourth-order valence-corrected chi connectivity index (χ4v) is 6.96. The van der Waals surface area contributed by atoms with E-state index < -0.39 is 28.5 Å². The van der Waals surface area contributed by atoms with Crippen LogP contribution >= 0.6 is 23.2 Å². The maximum absolute atomic E-state index is 14.2. The van der Waals surface area contributed by atoms with Crippen LogP contribution in [0.4, 0.5) is 5.69 Å². The van der Waals surface area contributed by atoms with Crippen molar-refractivity contribution in [3.63, 3.8) is 0 Å². The summed E-state index contributed by atoms with van der Waals surface area (Å²) in [5, 5.41) is 3.74. The molecule has 1 aliphatic carbocycles. The van der Waals surface area contributed by atoms with Crippen LogP contribution in [0.5, 0.6) is 11.5 Å². The minimum atomic E-state index is -4.23. The van der Waals surface area contributed by atoms with Crippen LogP contribution in [-0.4, -0.2) is 58.0 Å². The first-order valence-electron chi connectivity index (χ1n) is 14.4. The van der Waals surface area contributed by atoms with E-state index in [2.05, 4.69) is 5.32 Å². The van der Waals surface area contributed by atoms with Crippen LogP contribution < -0.4 is 19.1 Å². The molecule has 4 rings (SSSR count). The van der Waals surface area contributed by atoms with Crippen molar-refractivity contribution < 1.29 is 27.5 Å². The van der Waals surface area contributed by atoms with Gasteiger partial charge in [-0.2, -0.15) is 0 Å². The van der Waals surface area contributed by atoms with Crippen LogP contribution in [0.2, 0.25) is 10.0 Å². The van der Waals surface area contributed by atoms with E-state index >= 15 is 0 Å². The molecule has 0 aromatic heterocycles. The van der Waals surface area contributed by atoms with Gasteiger partial charge >= 0.3 is 0 Å². The van der Waals surface area contributed by atoms with E-state index in [1.807, 2.05) is 0 Å². The molecule has 44 heavy (non-hydrogen) atoms. The van der Waals surface area contributed by atoms with Crippen molar-refractivity contribution >= 4 is 50.7 Å². The Hall–Kier alpha value is -3.47. The summed E-state index contributed by atoms with van der Waals surface area (Å²) < 4.78 is 39.8. The van der Waals surface area contributed by atoms with Crippen molar-refractivity contribution in [2.45, 2.75) is 62.6 Å². The van der Waals surface area contributed by atoms with Crippen molar-refractivity contribution in [1.82, 2.24) is 10.2 Å². The predicted molar refractivity (Wildman–Crippen MR) is 172 cm³/mol. The number of amides is 2. The van der Waals surface area contributed by atoms with Gasteiger partial charge in [-0.05, 0) is 61.7 Å². The topological polar surface area (TPSA) is 105 Å². The van der Waals surface area contributed by atoms with Gasteiger partial charge in [0.15, 0.2) is 11.5 Å². The van der Waals surface area contributed by atoms with E-state index in [-0.39, 0.29) is 29.1 Å². The molecule has 0 aliphatic heterocycles. The van der Waals surface area contributed by atoms with Crippen molar-refractivity contribution in [3.05, 3.63) is 82.3 Å². The normalized spacial score (nSPS) is 14.4. The maximum Gasteiger partial charge on any atom is 0.264 e. The van der Waals surface area contributed by atoms with Gasteiger partial charge in [-0.3, -0.25) is 13.9 Å². The highest BCUT2D eigenvalue weighted by atomic mass is 35.5. The molecule has 0 saturated heterocycles. The van der Waals surface area contributed by atoms with E-state index in [0.29, 0.717) is 27.1 Å². The number of benzene rings is 3. The zero-order valence-corrected chi connectivity index (χ0v) is 27.3. The number of anilines is 1. The summed E-state index contributed by atoms with van der Waals surface area (Å²) in [5.74, 6) is -0.210. The summed E-state index contributed by atoms with van der Waals surface area (Å²) in [4.78, 5) is 29.1. The second-order valence-electron chi connectivity index (χ2n) is 10.7. The average Bonchev–Trinajstić information content (AvgIpc) is 3.04. The van der Waals surface area contributed by atoms with Crippen molar-refractivity contribution in [1.29, 1.82) is 0 Å². The van der Waals surface area contributed by atoms with Crippen molar-refractivity contribution in [3.8, 4) is 11.5 Å². The Balaban J connectivity index is 1.72. The largest absolute Gasteiger partial charge is 0.493 e. The molecule has 1 aliphatic rings. The second kappa shape index (κ2) is 15.0. The summed E-state index contributed by atoms with van der Waals surface area (Å²) >= 11 is 12.4. The first kappa shape index (κ1) is 33.4. The van der Waals surface area contributed by atoms with Gasteiger partial charge < -0.3 is 19.7 Å². The standard InChI is InChI=1S/C32H37Cl2N3O6S/c1-22(32(39)35-24-10-6-4-7-11-24)36(20-23-14-16-27(33)28(34)18-23)31(38)21-37(44(40,41)26-12-8-5-9-13-26)25-15-17-29(42-2)30(19-25)43-3/h5,8-9,12-19,22,24H,4,6-7,10-11,20-21H2,1-3H3,(H,35,39). The molecule has 3 aromatic carbocycles. The molecule has 0 bridgehead atoms. The van der Waals surface area contributed by atoms with E-state index in [1.54, 1.807) is 49.4 Å². The highest BCUT2D eigenvalue weighted by Crippen LogP contribution is 2.34. The number of ether oxygens (including phenoxy) is 2. The minimum absolute atomic E-state index is 0.000133. The summed E-state index contributed by atoms with van der Waals surface area (Å²) in [6.45, 7) is 1.05. The molecule has 1 fully saturated rings. The van der Waals surface area contributed by atoms with Gasteiger partial charge in [0, 0.05) is 18.7 Å². The summed E-state index contributed by atoms with van der Waals surface area (Å²) in [6.07, 6.45) is 4.95. The van der Waals surface area contributed by atoms with E-state index in [1.165, 1.54) is 43.4 Å². The molecule has 2 amide bonds. The Kier molecular flexibility index (Phi) is 11.4. The summed E-state index contributed by atoms with van der Waals surface area (Å²) in [7, 11) is -1.32. The number of hydrogen-bond donors (Lipinski definition) is 1. The Morgan fingerprint density at radius 2 is 1.59 bits per heavy atom. The van der Waals surface area contributed by atoms with Gasteiger partial charge in [0.25, 0.3) is 10.0 Å². The second-order valence-corrected chi connectivity index (χ2v) is 13.3. The number of carbonyl (C=O) groups excluding carboxylic acids is 2. The van der Waals surface area contributed by atoms with Crippen LogP contribution in [0.1, 0.15) is 44.6 Å². The number of rotatable bonds is 12. The smallest absolute Gasteiger partial charge is 0.264 e. The third-order valence-electron chi connectivity index (χ3n) is 7.72. The van der Waals surface area contributed by atoms with Gasteiger partial charge in [0.2, 0.25) is 11.8 Å². The Morgan fingerprint density at radius 3 is 2.23 bits per heavy atom. The average molecular weight is 663 g/mol. The molecule has 1 atom stereocenters. The Morgan fingerprint density at radius 1 is 0.909 bits per heavy atom. The molecular weight excluding hydrogens is 625 g/mol. The number of nitrogens with zero attached hydrogens (tertiary/aromatic N) is 2. The van der Waals surface area contributed by atoms with Gasteiger partial charge in [-0.25, -0.2) is 8.42 Å². The molecule has 1 saturated carbocycles. The molecule has 0 heterocycles. The van der Waals surface area contributed by atoms with E-state index in [4.69, 9.17) is 32.7 Å². The number of methoxy groups -OCH3 is 2. The number of carbonyl (C=O) groups is 2. The number of nitrogens with one attached hydrogen (secondary N) is 1.